The van der Waals surface area contributed by atoms with Gasteiger partial charge in [-0.3, -0.25) is 4.68 Å². The second-order valence-electron chi connectivity index (χ2n) is 5.63. The van der Waals surface area contributed by atoms with Gasteiger partial charge in [-0.2, -0.15) is 18.3 Å². The first kappa shape index (κ1) is 21.5. The fourth-order valence-electron chi connectivity index (χ4n) is 2.37. The molecule has 148 valence electrons. The Hall–Kier alpha value is -1.81. The van der Waals surface area contributed by atoms with E-state index in [-0.39, 0.29) is 4.47 Å². The second-order valence-corrected chi connectivity index (χ2v) is 6.83. The number of hydrogen-bond donors (Lipinski definition) is 2. The van der Waals surface area contributed by atoms with Crippen LogP contribution in [0.3, 0.4) is 0 Å². The molecule has 0 saturated heterocycles. The predicted molar refractivity (Wildman–Crippen MR) is 106 cm³/mol. The van der Waals surface area contributed by atoms with Crippen LogP contribution in [0.15, 0.2) is 28.7 Å². The molecule has 0 aliphatic rings. The van der Waals surface area contributed by atoms with Gasteiger partial charge >= 0.3 is 6.18 Å². The number of ether oxygens (including phenoxy) is 1. The summed E-state index contributed by atoms with van der Waals surface area (Å²) in [4.78, 5) is 0. The van der Waals surface area contributed by atoms with Crippen LogP contribution in [0.2, 0.25) is 0 Å². The first-order chi connectivity index (χ1) is 12.7. The van der Waals surface area contributed by atoms with Gasteiger partial charge in [0.05, 0.1) is 22.5 Å². The smallest absolute Gasteiger partial charge is 0.436 e. The zero-order valence-electron chi connectivity index (χ0n) is 14.9. The van der Waals surface area contributed by atoms with Crippen molar-refractivity contribution >= 4 is 38.9 Å². The SMILES string of the molecule is CCOc1ccccc1NC(=S)NCCCn1nc(C(F)(F)F)c(Br)c1C. The van der Waals surface area contributed by atoms with Crippen LogP contribution in [0, 0.1) is 6.92 Å². The van der Waals surface area contributed by atoms with Gasteiger partial charge in [0.15, 0.2) is 10.8 Å². The van der Waals surface area contributed by atoms with Crippen molar-refractivity contribution in [2.45, 2.75) is 33.0 Å². The Bertz CT molecular complexity index is 795. The molecule has 0 unspecified atom stereocenters. The highest BCUT2D eigenvalue weighted by molar-refractivity contribution is 9.10. The van der Waals surface area contributed by atoms with Crippen molar-refractivity contribution in [3.8, 4) is 5.75 Å². The second kappa shape index (κ2) is 9.41. The molecule has 1 heterocycles. The molecule has 1 aromatic carbocycles. The Morgan fingerprint density at radius 1 is 1.33 bits per heavy atom. The lowest BCUT2D eigenvalue weighted by atomic mass is 10.3. The molecule has 27 heavy (non-hydrogen) atoms. The molecule has 5 nitrogen and oxygen atoms in total. The van der Waals surface area contributed by atoms with Crippen LogP contribution in [0.25, 0.3) is 0 Å². The normalized spacial score (nSPS) is 11.3. The van der Waals surface area contributed by atoms with E-state index in [1.54, 1.807) is 6.92 Å². The van der Waals surface area contributed by atoms with Crippen LogP contribution in [-0.4, -0.2) is 28.0 Å². The Morgan fingerprint density at radius 2 is 2.04 bits per heavy atom. The van der Waals surface area contributed by atoms with E-state index in [0.29, 0.717) is 42.7 Å². The Balaban J connectivity index is 1.85. The van der Waals surface area contributed by atoms with Crippen LogP contribution < -0.4 is 15.4 Å². The number of nitrogens with one attached hydrogen (secondary N) is 2. The van der Waals surface area contributed by atoms with Crippen molar-refractivity contribution < 1.29 is 17.9 Å². The highest BCUT2D eigenvalue weighted by atomic mass is 79.9. The van der Waals surface area contributed by atoms with E-state index in [4.69, 9.17) is 17.0 Å². The fourth-order valence-corrected chi connectivity index (χ4v) is 3.09. The van der Waals surface area contributed by atoms with Gasteiger partial charge in [0.2, 0.25) is 0 Å². The first-order valence-corrected chi connectivity index (χ1v) is 9.51. The molecule has 10 heteroatoms. The monoisotopic (exact) mass is 464 g/mol. The lowest BCUT2D eigenvalue weighted by molar-refractivity contribution is -0.142. The molecule has 2 N–H and O–H groups in total. The highest BCUT2D eigenvalue weighted by Gasteiger charge is 2.37. The topological polar surface area (TPSA) is 51.1 Å². The van der Waals surface area contributed by atoms with Crippen molar-refractivity contribution in [2.75, 3.05) is 18.5 Å². The lowest BCUT2D eigenvalue weighted by Gasteiger charge is -2.14. The van der Waals surface area contributed by atoms with E-state index >= 15 is 0 Å². The standard InChI is InChI=1S/C17H20BrF3N4OS/c1-3-26-13-8-5-4-7-12(13)23-16(27)22-9-6-10-25-11(2)14(18)15(24-25)17(19,20)21/h4-5,7-8H,3,6,9-10H2,1-2H3,(H2,22,23,27). The molecule has 0 saturated carbocycles. The average Bonchev–Trinajstić information content (AvgIpc) is 2.89. The number of anilines is 1. The van der Waals surface area contributed by atoms with Crippen LogP contribution in [-0.2, 0) is 12.7 Å². The molecule has 0 aliphatic carbocycles. The van der Waals surface area contributed by atoms with Crippen molar-refractivity contribution in [3.63, 3.8) is 0 Å². The summed E-state index contributed by atoms with van der Waals surface area (Å²) in [5.41, 5.74) is 0.282. The van der Waals surface area contributed by atoms with E-state index in [0.717, 1.165) is 5.69 Å². The zero-order chi connectivity index (χ0) is 20.0. The molecule has 0 radical (unpaired) electrons. The van der Waals surface area contributed by atoms with E-state index in [9.17, 15) is 13.2 Å². The summed E-state index contributed by atoms with van der Waals surface area (Å²) in [6, 6.07) is 7.42. The molecule has 0 fully saturated rings. The van der Waals surface area contributed by atoms with Gasteiger partial charge < -0.3 is 15.4 Å². The number of benzene rings is 1. The maximum Gasteiger partial charge on any atom is 0.436 e. The Morgan fingerprint density at radius 3 is 2.67 bits per heavy atom. The summed E-state index contributed by atoms with van der Waals surface area (Å²) in [6.07, 6.45) is -3.92. The number of rotatable bonds is 7. The van der Waals surface area contributed by atoms with E-state index in [1.165, 1.54) is 4.68 Å². The van der Waals surface area contributed by atoms with Crippen molar-refractivity contribution in [3.05, 3.63) is 40.1 Å². The van der Waals surface area contributed by atoms with Crippen LogP contribution in [0.1, 0.15) is 24.7 Å². The van der Waals surface area contributed by atoms with Gasteiger partial charge in [-0.25, -0.2) is 0 Å². The number of alkyl halides is 3. The summed E-state index contributed by atoms with van der Waals surface area (Å²) >= 11 is 8.22. The fraction of sp³-hybridized carbons (Fsp3) is 0.412. The molecule has 0 atom stereocenters. The highest BCUT2D eigenvalue weighted by Crippen LogP contribution is 2.35. The summed E-state index contributed by atoms with van der Waals surface area (Å²) in [7, 11) is 0. The summed E-state index contributed by atoms with van der Waals surface area (Å²) in [5.74, 6) is 0.695. The molecule has 0 bridgehead atoms. The maximum absolute atomic E-state index is 12.9. The van der Waals surface area contributed by atoms with Gasteiger partial charge in [0, 0.05) is 13.1 Å². The summed E-state index contributed by atoms with van der Waals surface area (Å²) in [5, 5.41) is 10.1. The third-order valence-electron chi connectivity index (χ3n) is 3.67. The minimum Gasteiger partial charge on any atom is -0.492 e. The molecule has 1 aromatic heterocycles. The van der Waals surface area contributed by atoms with Gasteiger partial charge in [-0.05, 0) is 60.5 Å². The first-order valence-electron chi connectivity index (χ1n) is 8.30. The molecule has 2 aromatic rings. The number of hydrogen-bond acceptors (Lipinski definition) is 3. The maximum atomic E-state index is 12.9. The average molecular weight is 465 g/mol. The molecule has 0 aliphatic heterocycles. The predicted octanol–water partition coefficient (Wildman–Crippen LogP) is 4.75. The molecule has 0 spiro atoms. The Labute approximate surface area is 169 Å². The zero-order valence-corrected chi connectivity index (χ0v) is 17.3. The molecule has 2 rings (SSSR count). The molecular formula is C17H20BrF3N4OS. The van der Waals surface area contributed by atoms with Gasteiger partial charge in [0.1, 0.15) is 5.75 Å². The third kappa shape index (κ3) is 5.83. The Kier molecular flexibility index (Phi) is 7.49. The van der Waals surface area contributed by atoms with Crippen molar-refractivity contribution in [1.82, 2.24) is 15.1 Å². The number of thiocarbonyl (C=S) groups is 1. The van der Waals surface area contributed by atoms with Crippen LogP contribution in [0.4, 0.5) is 18.9 Å². The summed E-state index contributed by atoms with van der Waals surface area (Å²) in [6.45, 7) is 4.86. The molecule has 0 amide bonds. The number of nitrogens with zero attached hydrogens (tertiary/aromatic N) is 2. The van der Waals surface area contributed by atoms with E-state index in [2.05, 4.69) is 31.7 Å². The van der Waals surface area contributed by atoms with Crippen LogP contribution >= 0.6 is 28.1 Å². The largest absolute Gasteiger partial charge is 0.492 e. The minimum absolute atomic E-state index is 0.0207. The van der Waals surface area contributed by atoms with Gasteiger partial charge in [-0.15, -0.1) is 0 Å². The molecular weight excluding hydrogens is 445 g/mol. The van der Waals surface area contributed by atoms with Crippen molar-refractivity contribution in [1.29, 1.82) is 0 Å². The van der Waals surface area contributed by atoms with E-state index < -0.39 is 11.9 Å². The quantitative estimate of drug-likeness (QED) is 0.457. The number of aromatic nitrogens is 2. The number of aryl methyl sites for hydroxylation is 1. The van der Waals surface area contributed by atoms with Crippen LogP contribution in [0.5, 0.6) is 5.75 Å². The van der Waals surface area contributed by atoms with Crippen molar-refractivity contribution in [2.24, 2.45) is 0 Å². The third-order valence-corrected chi connectivity index (χ3v) is 4.87. The number of halogens is 4. The number of para-hydroxylation sites is 2. The minimum atomic E-state index is -4.48. The van der Waals surface area contributed by atoms with Gasteiger partial charge in [-0.1, -0.05) is 12.1 Å². The summed E-state index contributed by atoms with van der Waals surface area (Å²) < 4.78 is 45.5. The van der Waals surface area contributed by atoms with E-state index in [1.807, 2.05) is 31.2 Å². The van der Waals surface area contributed by atoms with Gasteiger partial charge in [0.25, 0.3) is 0 Å². The lowest BCUT2D eigenvalue weighted by Crippen LogP contribution is -2.30.